The van der Waals surface area contributed by atoms with Crippen LogP contribution in [0.4, 0.5) is 11.5 Å². The Hall–Kier alpha value is -3.40. The van der Waals surface area contributed by atoms with E-state index in [9.17, 15) is 0 Å². The normalized spacial score (nSPS) is 19.6. The van der Waals surface area contributed by atoms with E-state index < -0.39 is 0 Å². The Morgan fingerprint density at radius 3 is 2.65 bits per heavy atom. The second kappa shape index (κ2) is 8.03. The maximum atomic E-state index is 5.26. The van der Waals surface area contributed by atoms with Crippen LogP contribution in [-0.4, -0.2) is 17.1 Å². The number of fused-ring (bicyclic) bond motifs is 1. The lowest BCUT2D eigenvalue weighted by molar-refractivity contribution is 0.415. The molecule has 0 amide bonds. The van der Waals surface area contributed by atoms with Crippen LogP contribution < -0.4 is 10.1 Å². The van der Waals surface area contributed by atoms with E-state index in [2.05, 4.69) is 53.7 Å². The Morgan fingerprint density at radius 2 is 1.94 bits per heavy atom. The summed E-state index contributed by atoms with van der Waals surface area (Å²) in [6.07, 6.45) is 13.0. The number of aryl methyl sites for hydroxylation is 1. The summed E-state index contributed by atoms with van der Waals surface area (Å²) in [6, 6.07) is 16.3. The summed E-state index contributed by atoms with van der Waals surface area (Å²) in [6.45, 7) is 2.25. The summed E-state index contributed by atoms with van der Waals surface area (Å²) in [4.78, 5) is 9.64. The molecule has 1 N–H and O–H groups in total. The lowest BCUT2D eigenvalue weighted by Gasteiger charge is -2.28. The van der Waals surface area contributed by atoms with Crippen molar-refractivity contribution < 1.29 is 4.74 Å². The van der Waals surface area contributed by atoms with Crippen LogP contribution in [0.2, 0.25) is 0 Å². The molecule has 2 aromatic heterocycles. The molecule has 5 rings (SSSR count). The molecule has 0 bridgehead atoms. The van der Waals surface area contributed by atoms with Gasteiger partial charge in [0.2, 0.25) is 0 Å². The molecule has 2 heterocycles. The minimum Gasteiger partial charge on any atom is -0.497 e. The van der Waals surface area contributed by atoms with E-state index >= 15 is 0 Å². The van der Waals surface area contributed by atoms with Gasteiger partial charge < -0.3 is 10.1 Å². The standard InChI is InChI=1S/C27H27N3O/c1-27(24-8-3-4-17-28-24)15-13-19(14-16-27)26-23-7-5-6-20(23)18-25(30-26)29-21-9-11-22(31-2)12-10-21/h3-4,8-15,17-18H,5-7,16H2,1-2H3,(H,29,30). The van der Waals surface area contributed by atoms with Gasteiger partial charge in [-0.15, -0.1) is 0 Å². The van der Waals surface area contributed by atoms with Crippen LogP contribution in [0.3, 0.4) is 0 Å². The van der Waals surface area contributed by atoms with Crippen LogP contribution >= 0.6 is 0 Å². The van der Waals surface area contributed by atoms with Gasteiger partial charge in [-0.25, -0.2) is 4.98 Å². The van der Waals surface area contributed by atoms with Crippen molar-refractivity contribution in [2.45, 2.75) is 38.0 Å². The monoisotopic (exact) mass is 409 g/mol. The highest BCUT2D eigenvalue weighted by molar-refractivity contribution is 5.78. The van der Waals surface area contributed by atoms with Crippen molar-refractivity contribution in [1.29, 1.82) is 0 Å². The third kappa shape index (κ3) is 3.86. The molecule has 3 aromatic rings. The van der Waals surface area contributed by atoms with E-state index in [0.717, 1.165) is 47.9 Å². The lowest BCUT2D eigenvalue weighted by atomic mass is 9.78. The highest BCUT2D eigenvalue weighted by atomic mass is 16.5. The first-order valence-electron chi connectivity index (χ1n) is 10.9. The number of methoxy groups -OCH3 is 1. The summed E-state index contributed by atoms with van der Waals surface area (Å²) in [5, 5.41) is 3.48. The van der Waals surface area contributed by atoms with Crippen LogP contribution in [0.25, 0.3) is 5.57 Å². The Bertz CT molecular complexity index is 1150. The predicted octanol–water partition coefficient (Wildman–Crippen LogP) is 6.02. The highest BCUT2D eigenvalue weighted by Gasteiger charge is 2.28. The minimum atomic E-state index is -0.0765. The van der Waals surface area contributed by atoms with Crippen LogP contribution in [-0.2, 0) is 18.3 Å². The quantitative estimate of drug-likeness (QED) is 0.560. The first-order valence-corrected chi connectivity index (χ1v) is 10.9. The molecule has 1 aromatic carbocycles. The largest absolute Gasteiger partial charge is 0.497 e. The number of hydrogen-bond donors (Lipinski definition) is 1. The summed E-state index contributed by atoms with van der Waals surface area (Å²) < 4.78 is 5.26. The van der Waals surface area contributed by atoms with Crippen LogP contribution in [0.15, 0.2) is 73.0 Å². The molecule has 0 aliphatic heterocycles. The van der Waals surface area contributed by atoms with Gasteiger partial charge in [-0.1, -0.05) is 31.2 Å². The molecule has 0 saturated carbocycles. The van der Waals surface area contributed by atoms with Crippen molar-refractivity contribution >= 4 is 17.1 Å². The van der Waals surface area contributed by atoms with Gasteiger partial charge in [0, 0.05) is 17.3 Å². The Balaban J connectivity index is 1.45. The number of allylic oxidation sites excluding steroid dienone is 4. The minimum absolute atomic E-state index is 0.0765. The maximum Gasteiger partial charge on any atom is 0.131 e. The van der Waals surface area contributed by atoms with Gasteiger partial charge in [-0.05, 0) is 84.8 Å². The molecule has 0 spiro atoms. The van der Waals surface area contributed by atoms with Gasteiger partial charge in [0.1, 0.15) is 11.6 Å². The second-order valence-corrected chi connectivity index (χ2v) is 8.53. The zero-order chi connectivity index (χ0) is 21.3. The number of aromatic nitrogens is 2. The molecular formula is C27H27N3O. The van der Waals surface area contributed by atoms with Gasteiger partial charge in [-0.3, -0.25) is 4.98 Å². The van der Waals surface area contributed by atoms with E-state index in [1.165, 1.54) is 23.1 Å². The van der Waals surface area contributed by atoms with Gasteiger partial charge in [0.05, 0.1) is 18.5 Å². The third-order valence-corrected chi connectivity index (χ3v) is 6.35. The maximum absolute atomic E-state index is 5.26. The Kier molecular flexibility index (Phi) is 5.06. The van der Waals surface area contributed by atoms with Crippen LogP contribution in [0.1, 0.15) is 42.3 Å². The van der Waals surface area contributed by atoms with Crippen molar-refractivity contribution in [3.05, 3.63) is 95.5 Å². The third-order valence-electron chi connectivity index (χ3n) is 6.35. The van der Waals surface area contributed by atoms with Crippen LogP contribution in [0, 0.1) is 0 Å². The topological polar surface area (TPSA) is 47.0 Å². The molecule has 1 unspecified atom stereocenters. The molecular weight excluding hydrogens is 382 g/mol. The molecule has 0 radical (unpaired) electrons. The average Bonchev–Trinajstić information content (AvgIpc) is 3.29. The summed E-state index contributed by atoms with van der Waals surface area (Å²) in [5.74, 6) is 1.75. The number of benzene rings is 1. The van der Waals surface area contributed by atoms with Gasteiger partial charge in [-0.2, -0.15) is 0 Å². The first-order chi connectivity index (χ1) is 15.1. The zero-order valence-corrected chi connectivity index (χ0v) is 18.1. The molecule has 2 aliphatic carbocycles. The van der Waals surface area contributed by atoms with E-state index in [-0.39, 0.29) is 5.41 Å². The highest BCUT2D eigenvalue weighted by Crippen LogP contribution is 2.38. The Morgan fingerprint density at radius 1 is 1.06 bits per heavy atom. The molecule has 156 valence electrons. The first kappa shape index (κ1) is 19.6. The van der Waals surface area contributed by atoms with Gasteiger partial charge in [0.25, 0.3) is 0 Å². The molecule has 2 aliphatic rings. The lowest BCUT2D eigenvalue weighted by Crippen LogP contribution is -2.21. The van der Waals surface area contributed by atoms with E-state index in [1.807, 2.05) is 36.5 Å². The SMILES string of the molecule is COc1ccc(Nc2cc3c(c(C4=CCC(C)(c5ccccn5)C=C4)n2)CCC3)cc1. The molecule has 1 atom stereocenters. The van der Waals surface area contributed by atoms with Crippen molar-refractivity contribution in [3.8, 4) is 5.75 Å². The number of hydrogen-bond acceptors (Lipinski definition) is 4. The molecule has 4 nitrogen and oxygen atoms in total. The molecule has 0 fully saturated rings. The number of pyridine rings is 2. The van der Waals surface area contributed by atoms with E-state index in [1.54, 1.807) is 7.11 Å². The smallest absolute Gasteiger partial charge is 0.131 e. The summed E-state index contributed by atoms with van der Waals surface area (Å²) in [7, 11) is 1.68. The van der Waals surface area contributed by atoms with Crippen molar-refractivity contribution in [3.63, 3.8) is 0 Å². The summed E-state index contributed by atoms with van der Waals surface area (Å²) >= 11 is 0. The molecule has 0 saturated heterocycles. The number of nitrogens with one attached hydrogen (secondary N) is 1. The Labute approximate surface area is 183 Å². The molecule has 4 heteroatoms. The predicted molar refractivity (Wildman–Crippen MR) is 126 cm³/mol. The number of nitrogens with zero attached hydrogens (tertiary/aromatic N) is 2. The zero-order valence-electron chi connectivity index (χ0n) is 18.1. The number of anilines is 2. The fourth-order valence-electron chi connectivity index (χ4n) is 4.51. The fraction of sp³-hybridized carbons (Fsp3) is 0.259. The molecule has 31 heavy (non-hydrogen) atoms. The second-order valence-electron chi connectivity index (χ2n) is 8.53. The number of ether oxygens (including phenoxy) is 1. The van der Waals surface area contributed by atoms with E-state index in [4.69, 9.17) is 9.72 Å². The van der Waals surface area contributed by atoms with Crippen LogP contribution in [0.5, 0.6) is 5.75 Å². The summed E-state index contributed by atoms with van der Waals surface area (Å²) in [5.41, 5.74) is 7.18. The van der Waals surface area contributed by atoms with Gasteiger partial charge >= 0.3 is 0 Å². The van der Waals surface area contributed by atoms with Crippen molar-refractivity contribution in [2.75, 3.05) is 12.4 Å². The average molecular weight is 410 g/mol. The van der Waals surface area contributed by atoms with Gasteiger partial charge in [0.15, 0.2) is 0 Å². The van der Waals surface area contributed by atoms with Crippen molar-refractivity contribution in [2.24, 2.45) is 0 Å². The van der Waals surface area contributed by atoms with Crippen molar-refractivity contribution in [1.82, 2.24) is 9.97 Å². The van der Waals surface area contributed by atoms with E-state index in [0.29, 0.717) is 0 Å². The number of rotatable bonds is 5. The fourth-order valence-corrected chi connectivity index (χ4v) is 4.51.